The van der Waals surface area contributed by atoms with Crippen molar-refractivity contribution in [1.82, 2.24) is 0 Å². The molecule has 1 aromatic heterocycles. The van der Waals surface area contributed by atoms with Crippen LogP contribution in [-0.4, -0.2) is 15.2 Å². The maximum absolute atomic E-state index is 12.8. The van der Waals surface area contributed by atoms with Crippen molar-refractivity contribution in [3.63, 3.8) is 0 Å². The average molecular weight is 477 g/mol. The molecule has 4 rings (SSSR count). The van der Waals surface area contributed by atoms with Gasteiger partial charge in [0.1, 0.15) is 16.5 Å². The largest absolute Gasteiger partial charge is 0.457 e. The normalized spacial score (nSPS) is 15.3. The van der Waals surface area contributed by atoms with E-state index in [2.05, 4.69) is 0 Å². The van der Waals surface area contributed by atoms with Gasteiger partial charge in [-0.25, -0.2) is 0 Å². The Morgan fingerprint density at radius 3 is 2.53 bits per heavy atom. The molecule has 0 N–H and O–H groups in total. The van der Waals surface area contributed by atoms with Crippen LogP contribution in [-0.2, 0) is 4.79 Å². The molecule has 2 aromatic carbocycles. The summed E-state index contributed by atoms with van der Waals surface area (Å²) in [5.41, 5.74) is 0.911. The Balaban J connectivity index is 1.61. The number of hydrogen-bond donors (Lipinski definition) is 0. The van der Waals surface area contributed by atoms with Crippen LogP contribution in [0, 0.1) is 10.1 Å². The van der Waals surface area contributed by atoms with Gasteiger partial charge in [0.15, 0.2) is 4.32 Å². The van der Waals surface area contributed by atoms with Crippen molar-refractivity contribution in [3.8, 4) is 11.3 Å². The molecule has 0 saturated carbocycles. The highest BCUT2D eigenvalue weighted by atomic mass is 35.5. The first kappa shape index (κ1) is 20.6. The standard InChI is InChI=1S/C20H10Cl2N2O4S2/c21-12-2-4-13(5-3-12)23-19(25)18(30-20(23)29)10-14-6-8-17(28-14)11-1-7-15(22)16(9-11)24(26)27/h1-10H/b18-10-. The molecule has 30 heavy (non-hydrogen) atoms. The van der Waals surface area contributed by atoms with Gasteiger partial charge in [-0.05, 0) is 48.5 Å². The molecule has 3 aromatic rings. The Labute approximate surface area is 190 Å². The Morgan fingerprint density at radius 1 is 1.10 bits per heavy atom. The molecule has 10 heteroatoms. The SMILES string of the molecule is O=C1/C(=C/c2ccc(-c3ccc(Cl)c([N+](=O)[O-])c3)o2)SC(=S)N1c1ccc(Cl)cc1. The first-order chi connectivity index (χ1) is 14.3. The summed E-state index contributed by atoms with van der Waals surface area (Å²) in [5.74, 6) is 0.556. The summed E-state index contributed by atoms with van der Waals surface area (Å²) < 4.78 is 6.16. The zero-order valence-electron chi connectivity index (χ0n) is 14.9. The minimum atomic E-state index is -0.558. The smallest absolute Gasteiger partial charge is 0.288 e. The third-order valence-electron chi connectivity index (χ3n) is 4.21. The number of nitrogens with zero attached hydrogens (tertiary/aromatic N) is 2. The molecule has 0 radical (unpaired) electrons. The predicted octanol–water partition coefficient (Wildman–Crippen LogP) is 6.57. The molecule has 6 nitrogen and oxygen atoms in total. The number of nitro benzene ring substituents is 1. The van der Waals surface area contributed by atoms with Gasteiger partial charge in [-0.3, -0.25) is 19.8 Å². The topological polar surface area (TPSA) is 76.6 Å². The van der Waals surface area contributed by atoms with Gasteiger partial charge in [-0.2, -0.15) is 0 Å². The maximum Gasteiger partial charge on any atom is 0.288 e. The summed E-state index contributed by atoms with van der Waals surface area (Å²) in [6, 6.07) is 14.5. The molecular weight excluding hydrogens is 467 g/mol. The van der Waals surface area contributed by atoms with Crippen molar-refractivity contribution in [2.45, 2.75) is 0 Å². The maximum atomic E-state index is 12.8. The fourth-order valence-corrected chi connectivity index (χ4v) is 4.39. The number of anilines is 1. The first-order valence-electron chi connectivity index (χ1n) is 8.41. The second-order valence-corrected chi connectivity index (χ2v) is 8.64. The highest BCUT2D eigenvalue weighted by Gasteiger charge is 2.33. The van der Waals surface area contributed by atoms with Gasteiger partial charge in [0, 0.05) is 22.7 Å². The zero-order chi connectivity index (χ0) is 21.4. The number of furan rings is 1. The second-order valence-electron chi connectivity index (χ2n) is 6.12. The van der Waals surface area contributed by atoms with Gasteiger partial charge in [0.2, 0.25) is 0 Å². The molecule has 150 valence electrons. The average Bonchev–Trinajstić information content (AvgIpc) is 3.28. The number of thiocarbonyl (C=S) groups is 1. The molecular formula is C20H10Cl2N2O4S2. The number of halogens is 2. The summed E-state index contributed by atoms with van der Waals surface area (Å²) in [5, 5.41) is 11.7. The molecule has 0 unspecified atom stereocenters. The summed E-state index contributed by atoms with van der Waals surface area (Å²) in [6.07, 6.45) is 1.59. The van der Waals surface area contributed by atoms with Gasteiger partial charge in [0.05, 0.1) is 15.5 Å². The first-order valence-corrected chi connectivity index (χ1v) is 10.4. The third-order valence-corrected chi connectivity index (χ3v) is 6.08. The van der Waals surface area contributed by atoms with Gasteiger partial charge in [0.25, 0.3) is 11.6 Å². The number of nitro groups is 1. The number of rotatable bonds is 4. The van der Waals surface area contributed by atoms with E-state index in [1.165, 1.54) is 17.0 Å². The van der Waals surface area contributed by atoms with Crippen LogP contribution < -0.4 is 4.90 Å². The molecule has 1 amide bonds. The highest BCUT2D eigenvalue weighted by Crippen LogP contribution is 2.37. The van der Waals surface area contributed by atoms with Gasteiger partial charge >= 0.3 is 0 Å². The van der Waals surface area contributed by atoms with E-state index in [0.717, 1.165) is 11.8 Å². The number of carbonyl (C=O) groups excluding carboxylic acids is 1. The Morgan fingerprint density at radius 2 is 1.83 bits per heavy atom. The van der Waals surface area contributed by atoms with Crippen molar-refractivity contribution < 1.29 is 14.1 Å². The number of carbonyl (C=O) groups is 1. The van der Waals surface area contributed by atoms with Crippen molar-refractivity contribution in [2.24, 2.45) is 0 Å². The number of benzene rings is 2. The lowest BCUT2D eigenvalue weighted by molar-refractivity contribution is -0.384. The fraction of sp³-hybridized carbons (Fsp3) is 0. The van der Waals surface area contributed by atoms with E-state index in [9.17, 15) is 14.9 Å². The minimum absolute atomic E-state index is 0.0430. The van der Waals surface area contributed by atoms with E-state index in [0.29, 0.717) is 37.0 Å². The minimum Gasteiger partial charge on any atom is -0.457 e. The number of hydrogen-bond acceptors (Lipinski definition) is 6. The van der Waals surface area contributed by atoms with Crippen molar-refractivity contribution in [2.75, 3.05) is 4.90 Å². The third kappa shape index (κ3) is 3.99. The highest BCUT2D eigenvalue weighted by molar-refractivity contribution is 8.27. The summed E-state index contributed by atoms with van der Waals surface area (Å²) in [4.78, 5) is 25.2. The Bertz CT molecular complexity index is 1220. The van der Waals surface area contributed by atoms with Crippen LogP contribution in [0.4, 0.5) is 11.4 Å². The van der Waals surface area contributed by atoms with Crippen LogP contribution in [0.5, 0.6) is 0 Å². The summed E-state index contributed by atoms with van der Waals surface area (Å²) in [7, 11) is 0. The molecule has 0 spiro atoms. The predicted molar refractivity (Wildman–Crippen MR) is 123 cm³/mol. The van der Waals surface area contributed by atoms with Crippen molar-refractivity contribution in [3.05, 3.63) is 85.4 Å². The van der Waals surface area contributed by atoms with Gasteiger partial charge < -0.3 is 4.42 Å². The lowest BCUT2D eigenvalue weighted by atomic mass is 10.1. The lowest BCUT2D eigenvalue weighted by Gasteiger charge is -2.14. The molecule has 0 aliphatic carbocycles. The quantitative estimate of drug-likeness (QED) is 0.183. The van der Waals surface area contributed by atoms with E-state index in [1.807, 2.05) is 0 Å². The van der Waals surface area contributed by atoms with Crippen LogP contribution >= 0.6 is 47.2 Å². The van der Waals surface area contributed by atoms with E-state index in [4.69, 9.17) is 39.8 Å². The molecule has 0 atom stereocenters. The Hall–Kier alpha value is -2.65. The van der Waals surface area contributed by atoms with E-state index >= 15 is 0 Å². The molecule has 1 fully saturated rings. The van der Waals surface area contributed by atoms with E-state index in [1.54, 1.807) is 48.5 Å². The van der Waals surface area contributed by atoms with Crippen LogP contribution in [0.15, 0.2) is 63.9 Å². The monoisotopic (exact) mass is 476 g/mol. The molecule has 1 aliphatic heterocycles. The summed E-state index contributed by atoms with van der Waals surface area (Å²) >= 11 is 18.3. The second kappa shape index (κ2) is 8.23. The van der Waals surface area contributed by atoms with Crippen LogP contribution in [0.2, 0.25) is 10.0 Å². The van der Waals surface area contributed by atoms with E-state index < -0.39 is 4.92 Å². The lowest BCUT2D eigenvalue weighted by Crippen LogP contribution is -2.27. The molecule has 1 saturated heterocycles. The van der Waals surface area contributed by atoms with Crippen LogP contribution in [0.25, 0.3) is 17.4 Å². The molecule has 2 heterocycles. The fourth-order valence-electron chi connectivity index (χ4n) is 2.80. The van der Waals surface area contributed by atoms with Gasteiger partial charge in [-0.15, -0.1) is 0 Å². The zero-order valence-corrected chi connectivity index (χ0v) is 18.0. The van der Waals surface area contributed by atoms with Crippen LogP contribution in [0.1, 0.15) is 5.76 Å². The van der Waals surface area contributed by atoms with Gasteiger partial charge in [-0.1, -0.05) is 47.2 Å². The molecule has 0 bridgehead atoms. The van der Waals surface area contributed by atoms with E-state index in [-0.39, 0.29) is 16.6 Å². The summed E-state index contributed by atoms with van der Waals surface area (Å²) in [6.45, 7) is 0. The van der Waals surface area contributed by atoms with Crippen molar-refractivity contribution >= 4 is 74.9 Å². The van der Waals surface area contributed by atoms with Crippen molar-refractivity contribution in [1.29, 1.82) is 0 Å². The number of amides is 1. The molecule has 1 aliphatic rings. The Kier molecular flexibility index (Phi) is 5.66. The number of thioether (sulfide) groups is 1. The van der Waals surface area contributed by atoms with Crippen LogP contribution in [0.3, 0.4) is 0 Å².